The van der Waals surface area contributed by atoms with Gasteiger partial charge in [0.05, 0.1) is 12.4 Å². The fourth-order valence-electron chi connectivity index (χ4n) is 2.05. The number of nitrogens with two attached hydrogens (primary N) is 1. The molecule has 1 aromatic carbocycles. The van der Waals surface area contributed by atoms with Crippen LogP contribution < -0.4 is 5.73 Å². The monoisotopic (exact) mass is 276 g/mol. The van der Waals surface area contributed by atoms with Crippen molar-refractivity contribution in [1.82, 2.24) is 15.0 Å². The fourth-order valence-corrected chi connectivity index (χ4v) is 2.32. The van der Waals surface area contributed by atoms with Crippen LogP contribution >= 0.6 is 11.6 Å². The van der Waals surface area contributed by atoms with Crippen LogP contribution in [0.4, 0.5) is 0 Å². The van der Waals surface area contributed by atoms with Gasteiger partial charge in [0.25, 0.3) is 0 Å². The molecule has 2 heterocycles. The number of benzene rings is 1. The van der Waals surface area contributed by atoms with E-state index in [9.17, 15) is 0 Å². The van der Waals surface area contributed by atoms with Crippen LogP contribution in [0, 0.1) is 6.92 Å². The molecule has 5 nitrogen and oxygen atoms in total. The molecule has 0 aliphatic rings. The van der Waals surface area contributed by atoms with Crippen LogP contribution in [0.1, 0.15) is 23.2 Å². The Morgan fingerprint density at radius 1 is 1.47 bits per heavy atom. The summed E-state index contributed by atoms with van der Waals surface area (Å²) in [6.07, 6.45) is 3.96. The summed E-state index contributed by atoms with van der Waals surface area (Å²) in [4.78, 5) is 11.4. The van der Waals surface area contributed by atoms with Crippen LogP contribution in [0.2, 0.25) is 5.02 Å². The van der Waals surface area contributed by atoms with Crippen molar-refractivity contribution < 1.29 is 4.42 Å². The van der Waals surface area contributed by atoms with Crippen LogP contribution in [0.15, 0.2) is 29.1 Å². The molecule has 0 aliphatic heterocycles. The second kappa shape index (κ2) is 4.68. The number of hydrogen-bond acceptors (Lipinski definition) is 4. The highest BCUT2D eigenvalue weighted by Gasteiger charge is 2.16. The molecule has 1 unspecified atom stereocenters. The Morgan fingerprint density at radius 3 is 3.05 bits per heavy atom. The average Bonchev–Trinajstić information content (AvgIpc) is 2.97. The molecule has 0 saturated heterocycles. The van der Waals surface area contributed by atoms with Gasteiger partial charge in [-0.3, -0.25) is 0 Å². The van der Waals surface area contributed by atoms with Gasteiger partial charge in [0.1, 0.15) is 5.52 Å². The predicted molar refractivity (Wildman–Crippen MR) is 73.0 cm³/mol. The van der Waals surface area contributed by atoms with Gasteiger partial charge in [-0.15, -0.1) is 0 Å². The van der Waals surface area contributed by atoms with Gasteiger partial charge < -0.3 is 15.1 Å². The molecule has 19 heavy (non-hydrogen) atoms. The number of hydrogen-bond donors (Lipinski definition) is 2. The first-order chi connectivity index (χ1) is 9.13. The van der Waals surface area contributed by atoms with E-state index in [1.54, 1.807) is 18.6 Å². The lowest BCUT2D eigenvalue weighted by molar-refractivity contribution is 0.471. The lowest BCUT2D eigenvalue weighted by Gasteiger charge is -2.04. The lowest BCUT2D eigenvalue weighted by Crippen LogP contribution is -2.13. The number of rotatable bonds is 3. The maximum absolute atomic E-state index is 6.10. The normalized spacial score (nSPS) is 13.0. The second-order valence-electron chi connectivity index (χ2n) is 4.51. The summed E-state index contributed by atoms with van der Waals surface area (Å²) in [6.45, 7) is 1.93. The van der Waals surface area contributed by atoms with E-state index in [0.717, 1.165) is 22.4 Å². The SMILES string of the molecule is Cc1cc(Cl)cc2nc(C(N)Cc3cnc[nH]3)oc12. The molecule has 1 atom stereocenters. The van der Waals surface area contributed by atoms with Crippen molar-refractivity contribution in [2.75, 3.05) is 0 Å². The standard InChI is InChI=1S/C13H13ClN4O/c1-7-2-8(14)3-11-12(7)19-13(18-11)10(15)4-9-5-16-6-17-9/h2-3,5-6,10H,4,15H2,1H3,(H,16,17). The number of aromatic amines is 1. The topological polar surface area (TPSA) is 80.7 Å². The van der Waals surface area contributed by atoms with Gasteiger partial charge in [-0.2, -0.15) is 0 Å². The first-order valence-electron chi connectivity index (χ1n) is 5.93. The van der Waals surface area contributed by atoms with Crippen LogP contribution in [0.5, 0.6) is 0 Å². The molecule has 0 aliphatic carbocycles. The molecule has 2 aromatic heterocycles. The molecule has 3 N–H and O–H groups in total. The minimum absolute atomic E-state index is 0.314. The van der Waals surface area contributed by atoms with Crippen molar-refractivity contribution in [2.24, 2.45) is 5.73 Å². The number of aryl methyl sites for hydroxylation is 1. The van der Waals surface area contributed by atoms with E-state index in [1.807, 2.05) is 13.0 Å². The number of nitrogens with zero attached hydrogens (tertiary/aromatic N) is 2. The number of imidazole rings is 1. The van der Waals surface area contributed by atoms with Gasteiger partial charge in [0, 0.05) is 23.3 Å². The number of fused-ring (bicyclic) bond motifs is 1. The summed E-state index contributed by atoms with van der Waals surface area (Å²) >= 11 is 6.00. The van der Waals surface area contributed by atoms with Crippen LogP contribution in [-0.4, -0.2) is 15.0 Å². The van der Waals surface area contributed by atoms with Gasteiger partial charge in [-0.05, 0) is 24.6 Å². The van der Waals surface area contributed by atoms with Gasteiger partial charge in [-0.1, -0.05) is 11.6 Å². The number of aromatic nitrogens is 3. The van der Waals surface area contributed by atoms with E-state index in [2.05, 4.69) is 15.0 Å². The smallest absolute Gasteiger partial charge is 0.212 e. The first-order valence-corrected chi connectivity index (χ1v) is 6.30. The highest BCUT2D eigenvalue weighted by Crippen LogP contribution is 2.26. The zero-order valence-electron chi connectivity index (χ0n) is 10.4. The highest BCUT2D eigenvalue weighted by atomic mass is 35.5. The summed E-state index contributed by atoms with van der Waals surface area (Å²) in [5.41, 5.74) is 9.48. The molecule has 0 fully saturated rings. The molecule has 0 radical (unpaired) electrons. The van der Waals surface area contributed by atoms with Crippen LogP contribution in [0.3, 0.4) is 0 Å². The van der Waals surface area contributed by atoms with Crippen molar-refractivity contribution in [3.05, 3.63) is 46.8 Å². The number of H-pyrrole nitrogens is 1. The largest absolute Gasteiger partial charge is 0.439 e. The molecular formula is C13H13ClN4O. The van der Waals surface area contributed by atoms with E-state index in [0.29, 0.717) is 17.3 Å². The van der Waals surface area contributed by atoms with Crippen molar-refractivity contribution in [2.45, 2.75) is 19.4 Å². The molecule has 3 rings (SSSR count). The Morgan fingerprint density at radius 2 is 2.32 bits per heavy atom. The predicted octanol–water partition coefficient (Wildman–Crippen LogP) is 2.76. The Balaban J connectivity index is 1.94. The van der Waals surface area contributed by atoms with Crippen molar-refractivity contribution in [3.8, 4) is 0 Å². The van der Waals surface area contributed by atoms with Crippen molar-refractivity contribution in [3.63, 3.8) is 0 Å². The molecule has 98 valence electrons. The summed E-state index contributed by atoms with van der Waals surface area (Å²) in [5.74, 6) is 0.509. The molecule has 0 saturated carbocycles. The Hall–Kier alpha value is -1.85. The zero-order chi connectivity index (χ0) is 13.4. The molecular weight excluding hydrogens is 264 g/mol. The Kier molecular flexibility index (Phi) is 3.00. The summed E-state index contributed by atoms with van der Waals surface area (Å²) in [5, 5.41) is 0.645. The number of nitrogens with one attached hydrogen (secondary N) is 1. The van der Waals surface area contributed by atoms with E-state index in [4.69, 9.17) is 21.8 Å². The molecule has 3 aromatic rings. The van der Waals surface area contributed by atoms with E-state index >= 15 is 0 Å². The summed E-state index contributed by atoms with van der Waals surface area (Å²) < 4.78 is 5.74. The molecule has 6 heteroatoms. The van der Waals surface area contributed by atoms with Crippen LogP contribution in [-0.2, 0) is 6.42 Å². The first kappa shape index (κ1) is 12.2. The maximum atomic E-state index is 6.10. The highest BCUT2D eigenvalue weighted by molar-refractivity contribution is 6.31. The van der Waals surface area contributed by atoms with E-state index in [1.165, 1.54) is 0 Å². The van der Waals surface area contributed by atoms with Gasteiger partial charge >= 0.3 is 0 Å². The summed E-state index contributed by atoms with van der Waals surface area (Å²) in [7, 11) is 0. The van der Waals surface area contributed by atoms with E-state index in [-0.39, 0.29) is 6.04 Å². The van der Waals surface area contributed by atoms with E-state index < -0.39 is 0 Å². The lowest BCUT2D eigenvalue weighted by atomic mass is 10.2. The second-order valence-corrected chi connectivity index (χ2v) is 4.95. The molecule has 0 bridgehead atoms. The minimum atomic E-state index is -0.314. The quantitative estimate of drug-likeness (QED) is 0.771. The Bertz CT molecular complexity index is 705. The zero-order valence-corrected chi connectivity index (χ0v) is 11.1. The minimum Gasteiger partial charge on any atom is -0.439 e. The van der Waals surface area contributed by atoms with Crippen molar-refractivity contribution in [1.29, 1.82) is 0 Å². The third kappa shape index (κ3) is 2.34. The maximum Gasteiger partial charge on any atom is 0.212 e. The number of halogens is 1. The van der Waals surface area contributed by atoms with Gasteiger partial charge in [0.2, 0.25) is 5.89 Å². The van der Waals surface area contributed by atoms with Crippen molar-refractivity contribution >= 4 is 22.7 Å². The Labute approximate surface area is 114 Å². The van der Waals surface area contributed by atoms with Gasteiger partial charge in [-0.25, -0.2) is 9.97 Å². The van der Waals surface area contributed by atoms with Gasteiger partial charge in [0.15, 0.2) is 5.58 Å². The fraction of sp³-hybridized carbons (Fsp3) is 0.231. The van der Waals surface area contributed by atoms with Crippen LogP contribution in [0.25, 0.3) is 11.1 Å². The molecule has 0 amide bonds. The molecule has 0 spiro atoms. The third-order valence-corrected chi connectivity index (χ3v) is 3.19. The third-order valence-electron chi connectivity index (χ3n) is 2.97. The summed E-state index contributed by atoms with van der Waals surface area (Å²) in [6, 6.07) is 3.31. The average molecular weight is 277 g/mol. The number of oxazole rings is 1.